The van der Waals surface area contributed by atoms with E-state index < -0.39 is 0 Å². The lowest BCUT2D eigenvalue weighted by molar-refractivity contribution is 0.886. The molecule has 3 aromatic rings. The fourth-order valence-corrected chi connectivity index (χ4v) is 5.20. The van der Waals surface area contributed by atoms with Gasteiger partial charge in [0.2, 0.25) is 0 Å². The standard InChI is InChI=1S/C14H11Br2NS2/c1-7-4-10(16)8(5-9(7)15)14(17)13-6-12-11(19-13)2-3-18-12/h2-6,14H,17H2,1H3. The first-order valence-corrected chi connectivity index (χ1v) is 9.02. The van der Waals surface area contributed by atoms with E-state index >= 15 is 0 Å². The molecular formula is C14H11Br2NS2. The van der Waals surface area contributed by atoms with Crippen molar-refractivity contribution in [2.24, 2.45) is 5.73 Å². The molecule has 0 spiro atoms. The Morgan fingerprint density at radius 1 is 1.11 bits per heavy atom. The monoisotopic (exact) mass is 415 g/mol. The first-order chi connectivity index (χ1) is 9.06. The van der Waals surface area contributed by atoms with E-state index in [9.17, 15) is 0 Å². The Hall–Kier alpha value is -0.200. The maximum absolute atomic E-state index is 6.42. The lowest BCUT2D eigenvalue weighted by atomic mass is 10.0. The van der Waals surface area contributed by atoms with E-state index in [1.54, 1.807) is 22.7 Å². The van der Waals surface area contributed by atoms with Gasteiger partial charge >= 0.3 is 0 Å². The van der Waals surface area contributed by atoms with Crippen LogP contribution in [0.4, 0.5) is 0 Å². The lowest BCUT2D eigenvalue weighted by Gasteiger charge is -2.14. The smallest absolute Gasteiger partial charge is 0.0658 e. The number of hydrogen-bond donors (Lipinski definition) is 1. The first kappa shape index (κ1) is 13.8. The van der Waals surface area contributed by atoms with E-state index in [1.165, 1.54) is 19.8 Å². The van der Waals surface area contributed by atoms with Gasteiger partial charge in [-0.1, -0.05) is 31.9 Å². The molecule has 2 N–H and O–H groups in total. The Balaban J connectivity index is 2.06. The molecule has 1 nitrogen and oxygen atoms in total. The van der Waals surface area contributed by atoms with Gasteiger partial charge in [0.1, 0.15) is 0 Å². The maximum Gasteiger partial charge on any atom is 0.0658 e. The number of benzene rings is 1. The minimum atomic E-state index is -0.0872. The van der Waals surface area contributed by atoms with E-state index in [1.807, 2.05) is 0 Å². The SMILES string of the molecule is Cc1cc(Br)c(C(N)c2cc3sccc3s2)cc1Br. The van der Waals surface area contributed by atoms with Crippen molar-refractivity contribution >= 4 is 63.9 Å². The molecule has 98 valence electrons. The van der Waals surface area contributed by atoms with Gasteiger partial charge in [0.25, 0.3) is 0 Å². The fraction of sp³-hybridized carbons (Fsp3) is 0.143. The van der Waals surface area contributed by atoms with Crippen molar-refractivity contribution in [1.29, 1.82) is 0 Å². The zero-order chi connectivity index (χ0) is 13.6. The number of rotatable bonds is 2. The van der Waals surface area contributed by atoms with Crippen LogP contribution in [0.3, 0.4) is 0 Å². The van der Waals surface area contributed by atoms with E-state index in [-0.39, 0.29) is 6.04 Å². The summed E-state index contributed by atoms with van der Waals surface area (Å²) in [5, 5.41) is 2.12. The Morgan fingerprint density at radius 2 is 1.89 bits per heavy atom. The van der Waals surface area contributed by atoms with Crippen molar-refractivity contribution in [2.45, 2.75) is 13.0 Å². The molecule has 0 saturated heterocycles. The number of hydrogen-bond acceptors (Lipinski definition) is 3. The third-order valence-electron chi connectivity index (χ3n) is 3.08. The van der Waals surface area contributed by atoms with Crippen molar-refractivity contribution < 1.29 is 0 Å². The summed E-state index contributed by atoms with van der Waals surface area (Å²) in [7, 11) is 0. The normalized spacial score (nSPS) is 13.1. The van der Waals surface area contributed by atoms with Gasteiger partial charge in [-0.3, -0.25) is 0 Å². The molecule has 5 heteroatoms. The third kappa shape index (κ3) is 2.54. The Morgan fingerprint density at radius 3 is 2.63 bits per heavy atom. The van der Waals surface area contributed by atoms with Crippen LogP contribution in [0.1, 0.15) is 22.0 Å². The average Bonchev–Trinajstić information content (AvgIpc) is 2.93. The summed E-state index contributed by atoms with van der Waals surface area (Å²) in [6.07, 6.45) is 0. The van der Waals surface area contributed by atoms with Crippen LogP contribution in [0.25, 0.3) is 9.40 Å². The molecule has 1 atom stereocenters. The van der Waals surface area contributed by atoms with Gasteiger partial charge in [-0.15, -0.1) is 22.7 Å². The van der Waals surface area contributed by atoms with Crippen LogP contribution in [-0.2, 0) is 0 Å². The largest absolute Gasteiger partial charge is 0.320 e. The molecule has 0 aliphatic carbocycles. The summed E-state index contributed by atoms with van der Waals surface area (Å²) in [6, 6.07) is 8.49. The second kappa shape index (κ2) is 5.30. The van der Waals surface area contributed by atoms with Crippen LogP contribution < -0.4 is 5.73 Å². The van der Waals surface area contributed by atoms with Crippen LogP contribution in [0.15, 0.2) is 38.6 Å². The summed E-state index contributed by atoms with van der Waals surface area (Å²) in [5.41, 5.74) is 8.74. The van der Waals surface area contributed by atoms with Crippen LogP contribution >= 0.6 is 54.5 Å². The number of halogens is 2. The van der Waals surface area contributed by atoms with Gasteiger partial charge in [-0.05, 0) is 47.7 Å². The van der Waals surface area contributed by atoms with Gasteiger partial charge in [-0.2, -0.15) is 0 Å². The summed E-state index contributed by atoms with van der Waals surface area (Å²) in [4.78, 5) is 1.21. The molecule has 1 unspecified atom stereocenters. The van der Waals surface area contributed by atoms with Crippen LogP contribution in [0.5, 0.6) is 0 Å². The molecule has 3 rings (SSSR count). The van der Waals surface area contributed by atoms with Gasteiger partial charge in [0.05, 0.1) is 6.04 Å². The summed E-state index contributed by atoms with van der Waals surface area (Å²) in [6.45, 7) is 2.07. The third-order valence-corrected chi connectivity index (χ3v) is 6.80. The molecule has 0 saturated carbocycles. The fourth-order valence-electron chi connectivity index (χ4n) is 1.99. The van der Waals surface area contributed by atoms with Crippen molar-refractivity contribution in [1.82, 2.24) is 0 Å². The van der Waals surface area contributed by atoms with Crippen molar-refractivity contribution in [3.05, 3.63) is 54.6 Å². The van der Waals surface area contributed by atoms with Gasteiger partial charge in [-0.25, -0.2) is 0 Å². The molecule has 0 aliphatic rings. The second-order valence-corrected chi connectivity index (χ2v) is 8.17. The predicted molar refractivity (Wildman–Crippen MR) is 92.3 cm³/mol. The van der Waals surface area contributed by atoms with Crippen LogP contribution in [-0.4, -0.2) is 0 Å². The highest BCUT2D eigenvalue weighted by Crippen LogP contribution is 2.38. The minimum absolute atomic E-state index is 0.0872. The lowest BCUT2D eigenvalue weighted by Crippen LogP contribution is -2.11. The topological polar surface area (TPSA) is 26.0 Å². The van der Waals surface area contributed by atoms with E-state index in [0.29, 0.717) is 0 Å². The molecule has 0 fully saturated rings. The molecule has 0 amide bonds. The molecule has 2 heterocycles. The Bertz CT molecular complexity index is 717. The van der Waals surface area contributed by atoms with Gasteiger partial charge in [0, 0.05) is 23.2 Å². The van der Waals surface area contributed by atoms with Gasteiger partial charge in [0.15, 0.2) is 0 Å². The highest BCUT2D eigenvalue weighted by molar-refractivity contribution is 9.11. The quantitative estimate of drug-likeness (QED) is 0.557. The highest BCUT2D eigenvalue weighted by atomic mass is 79.9. The number of nitrogens with two attached hydrogens (primary N) is 1. The zero-order valence-electron chi connectivity index (χ0n) is 10.1. The summed E-state index contributed by atoms with van der Waals surface area (Å²) >= 11 is 10.7. The summed E-state index contributed by atoms with van der Waals surface area (Å²) in [5.74, 6) is 0. The molecular weight excluding hydrogens is 406 g/mol. The van der Waals surface area contributed by atoms with E-state index in [0.717, 1.165) is 14.5 Å². The van der Waals surface area contributed by atoms with Crippen molar-refractivity contribution in [3.8, 4) is 0 Å². The van der Waals surface area contributed by atoms with Crippen LogP contribution in [0, 0.1) is 6.92 Å². The maximum atomic E-state index is 6.42. The Kier molecular flexibility index (Phi) is 3.84. The molecule has 0 radical (unpaired) electrons. The van der Waals surface area contributed by atoms with Gasteiger partial charge < -0.3 is 5.73 Å². The number of thiophene rings is 2. The zero-order valence-corrected chi connectivity index (χ0v) is 14.9. The van der Waals surface area contributed by atoms with Crippen molar-refractivity contribution in [2.75, 3.05) is 0 Å². The number of fused-ring (bicyclic) bond motifs is 1. The Labute approximate surface area is 136 Å². The molecule has 1 aromatic carbocycles. The predicted octanol–water partition coefficient (Wildman–Crippen LogP) is 5.84. The highest BCUT2D eigenvalue weighted by Gasteiger charge is 2.16. The molecule has 19 heavy (non-hydrogen) atoms. The second-order valence-electron chi connectivity index (χ2n) is 4.40. The average molecular weight is 417 g/mol. The van der Waals surface area contributed by atoms with Crippen LogP contribution in [0.2, 0.25) is 0 Å². The first-order valence-electron chi connectivity index (χ1n) is 5.74. The van der Waals surface area contributed by atoms with E-state index in [4.69, 9.17) is 5.73 Å². The molecule has 0 bridgehead atoms. The molecule has 0 aliphatic heterocycles. The minimum Gasteiger partial charge on any atom is -0.320 e. The summed E-state index contributed by atoms with van der Waals surface area (Å²) < 4.78 is 4.80. The number of aryl methyl sites for hydroxylation is 1. The van der Waals surface area contributed by atoms with E-state index in [2.05, 4.69) is 68.4 Å². The van der Waals surface area contributed by atoms with Crippen molar-refractivity contribution in [3.63, 3.8) is 0 Å². The molecule has 2 aromatic heterocycles.